The van der Waals surface area contributed by atoms with Crippen LogP contribution < -0.4 is 0 Å². The van der Waals surface area contributed by atoms with Crippen molar-refractivity contribution in [3.8, 4) is 0 Å². The largest absolute Gasteiger partial charge is 0.444 e. The Labute approximate surface area is 196 Å². The highest BCUT2D eigenvalue weighted by Gasteiger charge is 2.27. The van der Waals surface area contributed by atoms with Gasteiger partial charge in [0.25, 0.3) is 0 Å². The average molecular weight is 516 g/mol. The Bertz CT molecular complexity index is 827. The number of pyridine rings is 1. The molecule has 9 heteroatoms. The van der Waals surface area contributed by atoms with E-state index in [0.717, 1.165) is 5.56 Å². The first kappa shape index (κ1) is 25.5. The van der Waals surface area contributed by atoms with Crippen LogP contribution in [0.1, 0.15) is 38.0 Å². The van der Waals surface area contributed by atoms with Gasteiger partial charge in [-0.15, -0.1) is 0 Å². The molecule has 2 atom stereocenters. The molecule has 1 amide bonds. The van der Waals surface area contributed by atoms with Crippen molar-refractivity contribution >= 4 is 33.6 Å². The number of aliphatic hydroxyl groups excluding tert-OH is 2. The molecule has 0 aliphatic heterocycles. The number of carbonyl (C=O) groups is 1. The molecule has 2 N–H and O–H groups in total. The number of benzene rings is 1. The maximum absolute atomic E-state index is 12.7. The summed E-state index contributed by atoms with van der Waals surface area (Å²) >= 11 is 9.19. The molecule has 1 aromatic heterocycles. The van der Waals surface area contributed by atoms with Gasteiger partial charge in [0.15, 0.2) is 0 Å². The lowest BCUT2D eigenvalue weighted by molar-refractivity contribution is -0.0170. The Kier molecular flexibility index (Phi) is 9.71. The second kappa shape index (κ2) is 11.8. The molecule has 170 valence electrons. The highest BCUT2D eigenvalue weighted by Crippen LogP contribution is 2.22. The molecular formula is C22H28BrClN2O5. The lowest BCUT2D eigenvalue weighted by Crippen LogP contribution is -2.44. The molecule has 0 radical (unpaired) electrons. The molecule has 0 saturated heterocycles. The van der Waals surface area contributed by atoms with Gasteiger partial charge in [0.2, 0.25) is 0 Å². The first-order chi connectivity index (χ1) is 14.5. The number of ether oxygens (including phenoxy) is 2. The number of halogens is 2. The predicted molar refractivity (Wildman–Crippen MR) is 122 cm³/mol. The minimum atomic E-state index is -1.05. The summed E-state index contributed by atoms with van der Waals surface area (Å²) in [6.07, 6.45) is -2.66. The van der Waals surface area contributed by atoms with E-state index < -0.39 is 23.9 Å². The SMILES string of the molecule is CC(C)(C)OC(=O)N(CC(O)c1cc(Cl)nc(Br)c1)C[C@@H](O)COCc1ccccc1. The van der Waals surface area contributed by atoms with Crippen LogP contribution in [0.15, 0.2) is 47.1 Å². The van der Waals surface area contributed by atoms with Crippen molar-refractivity contribution in [2.75, 3.05) is 19.7 Å². The summed E-state index contributed by atoms with van der Waals surface area (Å²) < 4.78 is 11.5. The van der Waals surface area contributed by atoms with Crippen LogP contribution in [-0.2, 0) is 16.1 Å². The van der Waals surface area contributed by atoms with Gasteiger partial charge >= 0.3 is 6.09 Å². The second-order valence-corrected chi connectivity index (χ2v) is 9.30. The van der Waals surface area contributed by atoms with Crippen molar-refractivity contribution in [3.05, 3.63) is 63.3 Å². The molecule has 0 saturated carbocycles. The second-order valence-electron chi connectivity index (χ2n) is 8.10. The Morgan fingerprint density at radius 1 is 1.19 bits per heavy atom. The monoisotopic (exact) mass is 514 g/mol. The molecule has 2 rings (SSSR count). The maximum atomic E-state index is 12.7. The number of hydrogen-bond acceptors (Lipinski definition) is 6. The van der Waals surface area contributed by atoms with Crippen LogP contribution in [0.25, 0.3) is 0 Å². The van der Waals surface area contributed by atoms with E-state index in [0.29, 0.717) is 16.8 Å². The fourth-order valence-electron chi connectivity index (χ4n) is 2.73. The summed E-state index contributed by atoms with van der Waals surface area (Å²) in [6, 6.07) is 12.7. The van der Waals surface area contributed by atoms with Gasteiger partial charge in [-0.05, 0) is 60.0 Å². The van der Waals surface area contributed by atoms with Crippen LogP contribution in [0.4, 0.5) is 4.79 Å². The molecule has 7 nitrogen and oxygen atoms in total. The van der Waals surface area contributed by atoms with Crippen molar-refractivity contribution in [1.29, 1.82) is 0 Å². The number of carbonyl (C=O) groups excluding carboxylic acids is 1. The van der Waals surface area contributed by atoms with Crippen molar-refractivity contribution in [2.24, 2.45) is 0 Å². The van der Waals surface area contributed by atoms with Crippen molar-refractivity contribution in [3.63, 3.8) is 0 Å². The van der Waals surface area contributed by atoms with Gasteiger partial charge in [-0.3, -0.25) is 0 Å². The quantitative estimate of drug-likeness (QED) is 0.483. The lowest BCUT2D eigenvalue weighted by atomic mass is 10.1. The predicted octanol–water partition coefficient (Wildman–Crippen LogP) is 4.35. The van der Waals surface area contributed by atoms with Gasteiger partial charge in [-0.1, -0.05) is 41.9 Å². The third-order valence-corrected chi connectivity index (χ3v) is 4.67. The van der Waals surface area contributed by atoms with Crippen LogP contribution in [0.5, 0.6) is 0 Å². The molecule has 0 aliphatic carbocycles. The van der Waals surface area contributed by atoms with Crippen LogP contribution in [0.2, 0.25) is 5.15 Å². The Balaban J connectivity index is 2.02. The van der Waals surface area contributed by atoms with Gasteiger partial charge < -0.3 is 24.6 Å². The Hall–Kier alpha value is -1.71. The van der Waals surface area contributed by atoms with Gasteiger partial charge in [0, 0.05) is 0 Å². The lowest BCUT2D eigenvalue weighted by Gasteiger charge is -2.30. The van der Waals surface area contributed by atoms with E-state index in [-0.39, 0.29) is 24.8 Å². The number of aliphatic hydroxyl groups is 2. The smallest absolute Gasteiger partial charge is 0.410 e. The molecule has 1 unspecified atom stereocenters. The third kappa shape index (κ3) is 9.53. The summed E-state index contributed by atoms with van der Waals surface area (Å²) in [7, 11) is 0. The highest BCUT2D eigenvalue weighted by molar-refractivity contribution is 9.10. The first-order valence-electron chi connectivity index (χ1n) is 9.82. The minimum Gasteiger partial charge on any atom is -0.444 e. The van der Waals surface area contributed by atoms with Gasteiger partial charge in [0.1, 0.15) is 15.4 Å². The summed E-state index contributed by atoms with van der Waals surface area (Å²) in [4.78, 5) is 17.9. The van der Waals surface area contributed by atoms with Crippen molar-refractivity contribution < 1.29 is 24.5 Å². The zero-order valence-electron chi connectivity index (χ0n) is 17.8. The molecule has 0 spiro atoms. The summed E-state index contributed by atoms with van der Waals surface area (Å²) in [5.41, 5.74) is 0.738. The summed E-state index contributed by atoms with van der Waals surface area (Å²) in [6.45, 7) is 5.45. The molecule has 1 aromatic carbocycles. The Morgan fingerprint density at radius 3 is 2.48 bits per heavy atom. The van der Waals surface area contributed by atoms with Gasteiger partial charge in [-0.2, -0.15) is 0 Å². The summed E-state index contributed by atoms with van der Waals surface area (Å²) in [5, 5.41) is 21.3. The van der Waals surface area contributed by atoms with E-state index in [2.05, 4.69) is 20.9 Å². The van der Waals surface area contributed by atoms with Gasteiger partial charge in [0.05, 0.1) is 38.5 Å². The first-order valence-corrected chi connectivity index (χ1v) is 11.0. The summed E-state index contributed by atoms with van der Waals surface area (Å²) in [5.74, 6) is 0. The molecule has 0 bridgehead atoms. The molecule has 0 aliphatic rings. The van der Waals surface area contributed by atoms with E-state index in [1.165, 1.54) is 11.0 Å². The van der Waals surface area contributed by atoms with Crippen LogP contribution in [-0.4, -0.2) is 57.6 Å². The molecule has 2 aromatic rings. The molecular weight excluding hydrogens is 488 g/mol. The van der Waals surface area contributed by atoms with E-state index in [1.807, 2.05) is 30.3 Å². The van der Waals surface area contributed by atoms with Crippen molar-refractivity contribution in [1.82, 2.24) is 9.88 Å². The fourth-order valence-corrected chi connectivity index (χ4v) is 3.51. The molecule has 1 heterocycles. The zero-order valence-corrected chi connectivity index (χ0v) is 20.1. The van der Waals surface area contributed by atoms with E-state index in [9.17, 15) is 15.0 Å². The number of aromatic nitrogens is 1. The minimum absolute atomic E-state index is 0.0247. The third-order valence-electron chi connectivity index (χ3n) is 4.07. The number of rotatable bonds is 9. The molecule has 0 fully saturated rings. The van der Waals surface area contributed by atoms with Crippen molar-refractivity contribution in [2.45, 2.75) is 45.2 Å². The van der Waals surface area contributed by atoms with E-state index in [4.69, 9.17) is 21.1 Å². The number of amides is 1. The standard InChI is InChI=1S/C22H28BrClN2O5/c1-22(2,3)31-21(29)26(12-18(28)16-9-19(23)25-20(24)10-16)11-17(27)14-30-13-15-7-5-4-6-8-15/h4-10,17-18,27-28H,11-14H2,1-3H3/t17-,18?/m1/s1. The average Bonchev–Trinajstić information content (AvgIpc) is 2.66. The van der Waals surface area contributed by atoms with Crippen LogP contribution in [0.3, 0.4) is 0 Å². The van der Waals surface area contributed by atoms with Gasteiger partial charge in [-0.25, -0.2) is 9.78 Å². The highest BCUT2D eigenvalue weighted by atomic mass is 79.9. The number of nitrogens with zero attached hydrogens (tertiary/aromatic N) is 2. The molecule has 31 heavy (non-hydrogen) atoms. The van der Waals surface area contributed by atoms with Crippen LogP contribution in [0, 0.1) is 0 Å². The maximum Gasteiger partial charge on any atom is 0.410 e. The fraction of sp³-hybridized carbons (Fsp3) is 0.455. The topological polar surface area (TPSA) is 92.1 Å². The van der Waals surface area contributed by atoms with Crippen LogP contribution >= 0.6 is 27.5 Å². The normalized spacial score (nSPS) is 13.5. The Morgan fingerprint density at radius 2 is 1.87 bits per heavy atom. The van der Waals surface area contributed by atoms with E-state index >= 15 is 0 Å². The van der Waals surface area contributed by atoms with E-state index in [1.54, 1.807) is 26.8 Å². The number of hydrogen-bond donors (Lipinski definition) is 2. The zero-order chi connectivity index (χ0) is 23.0.